The third-order valence-corrected chi connectivity index (χ3v) is 4.47. The van der Waals surface area contributed by atoms with Gasteiger partial charge in [0.05, 0.1) is 43.3 Å². The van der Waals surface area contributed by atoms with Gasteiger partial charge in [0.25, 0.3) is 11.5 Å². The molecular weight excluding hydrogens is 402 g/mol. The second kappa shape index (κ2) is 9.53. The molecule has 3 rings (SSSR count). The summed E-state index contributed by atoms with van der Waals surface area (Å²) < 4.78 is 11.2. The van der Waals surface area contributed by atoms with Crippen LogP contribution in [-0.4, -0.2) is 46.6 Å². The van der Waals surface area contributed by atoms with Crippen molar-refractivity contribution in [3.8, 4) is 11.4 Å². The molecule has 0 radical (unpaired) electrons. The molecule has 2 N–H and O–H groups in total. The van der Waals surface area contributed by atoms with Crippen molar-refractivity contribution in [3.05, 3.63) is 76.0 Å². The van der Waals surface area contributed by atoms with Crippen LogP contribution in [0.5, 0.6) is 5.75 Å². The number of carbonyl (C=O) groups excluding carboxylic acids is 2. The Kier molecular flexibility index (Phi) is 6.61. The fourth-order valence-electron chi connectivity index (χ4n) is 2.87. The van der Waals surface area contributed by atoms with E-state index in [1.54, 1.807) is 38.3 Å². The fraction of sp³-hybridized carbons (Fsp3) is 0.190. The van der Waals surface area contributed by atoms with Crippen molar-refractivity contribution >= 4 is 17.6 Å². The molecule has 0 spiro atoms. The summed E-state index contributed by atoms with van der Waals surface area (Å²) >= 11 is 0. The Balaban J connectivity index is 1.98. The van der Waals surface area contributed by atoms with Crippen molar-refractivity contribution < 1.29 is 19.1 Å². The van der Waals surface area contributed by atoms with Crippen LogP contribution in [0.25, 0.3) is 5.69 Å². The molecule has 0 aliphatic rings. The molecule has 0 saturated heterocycles. The largest absolute Gasteiger partial charge is 0.497 e. The highest BCUT2D eigenvalue weighted by Crippen LogP contribution is 2.15. The molecule has 0 atom stereocenters. The summed E-state index contributed by atoms with van der Waals surface area (Å²) in [6.07, 6.45) is 2.80. The Morgan fingerprint density at radius 2 is 1.81 bits per heavy atom. The summed E-state index contributed by atoms with van der Waals surface area (Å²) in [7, 11) is 2.80. The molecule has 0 aliphatic heterocycles. The van der Waals surface area contributed by atoms with E-state index in [1.807, 2.05) is 0 Å². The topological polar surface area (TPSA) is 128 Å². The Morgan fingerprint density at radius 3 is 2.42 bits per heavy atom. The lowest BCUT2D eigenvalue weighted by Crippen LogP contribution is -2.24. The number of carbonyl (C=O) groups is 2. The average molecular weight is 423 g/mol. The summed E-state index contributed by atoms with van der Waals surface area (Å²) in [5.41, 5.74) is 3.59. The predicted octanol–water partition coefficient (Wildman–Crippen LogP) is 1.44. The van der Waals surface area contributed by atoms with E-state index in [4.69, 9.17) is 9.47 Å². The second-order valence-corrected chi connectivity index (χ2v) is 6.43. The van der Waals surface area contributed by atoms with Crippen LogP contribution in [0.1, 0.15) is 28.5 Å². The van der Waals surface area contributed by atoms with Gasteiger partial charge in [-0.2, -0.15) is 5.10 Å². The minimum absolute atomic E-state index is 0.163. The number of amides is 1. The van der Waals surface area contributed by atoms with Crippen LogP contribution in [0.3, 0.4) is 0 Å². The number of ether oxygens (including phenoxy) is 2. The Bertz CT molecular complexity index is 1160. The third kappa shape index (κ3) is 4.86. The first-order valence-electron chi connectivity index (χ1n) is 9.24. The maximum atomic E-state index is 13.1. The monoisotopic (exact) mass is 423 g/mol. The number of methoxy groups -OCH3 is 2. The van der Waals surface area contributed by atoms with E-state index < -0.39 is 17.4 Å². The van der Waals surface area contributed by atoms with Gasteiger partial charge >= 0.3 is 5.97 Å². The van der Waals surface area contributed by atoms with Crippen LogP contribution < -0.4 is 15.7 Å². The molecule has 0 saturated carbocycles. The van der Waals surface area contributed by atoms with Gasteiger partial charge in [0.15, 0.2) is 0 Å². The molecule has 10 nitrogen and oxygen atoms in total. The highest BCUT2D eigenvalue weighted by molar-refractivity contribution is 6.02. The van der Waals surface area contributed by atoms with Gasteiger partial charge in [0.2, 0.25) is 0 Å². The maximum absolute atomic E-state index is 13.1. The van der Waals surface area contributed by atoms with Gasteiger partial charge < -0.3 is 9.47 Å². The van der Waals surface area contributed by atoms with Crippen LogP contribution in [0.15, 0.2) is 58.7 Å². The number of hydrogen-bond donors (Lipinski definition) is 2. The number of H-pyrrole nitrogens is 1. The predicted molar refractivity (Wildman–Crippen MR) is 113 cm³/mol. The molecule has 160 valence electrons. The number of nitrogens with one attached hydrogen (secondary N) is 2. The zero-order valence-electron chi connectivity index (χ0n) is 17.2. The van der Waals surface area contributed by atoms with E-state index in [2.05, 4.69) is 20.6 Å². The standard InChI is InChI=1S/C21H21N5O5/c1-13(23-24-20(28)14-8-10-22-11-9-14)19-17(12-18(27)31-3)25-26(21(19)29)15-4-6-16(30-2)7-5-15/h4-11,25H,12H2,1-3H3,(H,24,28)/b23-13+. The van der Waals surface area contributed by atoms with Crippen LogP contribution in [0.4, 0.5) is 0 Å². The number of nitrogens with zero attached hydrogens (tertiary/aromatic N) is 3. The Morgan fingerprint density at radius 1 is 1.13 bits per heavy atom. The number of aromatic amines is 1. The van der Waals surface area contributed by atoms with Gasteiger partial charge in [-0.05, 0) is 43.3 Å². The molecule has 2 heterocycles. The van der Waals surface area contributed by atoms with Crippen LogP contribution in [0, 0.1) is 0 Å². The maximum Gasteiger partial charge on any atom is 0.311 e. The molecular formula is C21H21N5O5. The van der Waals surface area contributed by atoms with Crippen molar-refractivity contribution in [2.24, 2.45) is 5.10 Å². The molecule has 1 aromatic carbocycles. The summed E-state index contributed by atoms with van der Waals surface area (Å²) in [4.78, 5) is 41.1. The van der Waals surface area contributed by atoms with Crippen molar-refractivity contribution in [2.75, 3.05) is 14.2 Å². The number of benzene rings is 1. The molecule has 0 aliphatic carbocycles. The van der Waals surface area contributed by atoms with Crippen molar-refractivity contribution in [3.63, 3.8) is 0 Å². The number of hydrogen-bond acceptors (Lipinski definition) is 7. The normalized spacial score (nSPS) is 11.1. The summed E-state index contributed by atoms with van der Waals surface area (Å²) in [6.45, 7) is 1.57. The van der Waals surface area contributed by atoms with E-state index in [0.29, 0.717) is 22.7 Å². The molecule has 0 unspecified atom stereocenters. The van der Waals surface area contributed by atoms with Gasteiger partial charge in [0.1, 0.15) is 5.75 Å². The molecule has 31 heavy (non-hydrogen) atoms. The minimum Gasteiger partial charge on any atom is -0.497 e. The van der Waals surface area contributed by atoms with E-state index in [9.17, 15) is 14.4 Å². The van der Waals surface area contributed by atoms with Crippen molar-refractivity contribution in [1.82, 2.24) is 20.2 Å². The van der Waals surface area contributed by atoms with E-state index in [0.717, 1.165) is 0 Å². The number of aromatic nitrogens is 3. The first kappa shape index (κ1) is 21.5. The zero-order valence-corrected chi connectivity index (χ0v) is 17.2. The molecule has 0 fully saturated rings. The van der Waals surface area contributed by atoms with Crippen LogP contribution >= 0.6 is 0 Å². The van der Waals surface area contributed by atoms with Gasteiger partial charge in [-0.3, -0.25) is 24.5 Å². The second-order valence-electron chi connectivity index (χ2n) is 6.43. The average Bonchev–Trinajstić information content (AvgIpc) is 3.13. The molecule has 3 aromatic rings. The lowest BCUT2D eigenvalue weighted by molar-refractivity contribution is -0.139. The quantitative estimate of drug-likeness (QED) is 0.336. The van der Waals surface area contributed by atoms with E-state index in [-0.39, 0.29) is 17.7 Å². The smallest absolute Gasteiger partial charge is 0.311 e. The van der Waals surface area contributed by atoms with Crippen LogP contribution in [0.2, 0.25) is 0 Å². The third-order valence-electron chi connectivity index (χ3n) is 4.47. The summed E-state index contributed by atoms with van der Waals surface area (Å²) in [6, 6.07) is 9.88. The number of esters is 1. The lowest BCUT2D eigenvalue weighted by Gasteiger charge is -2.03. The molecule has 2 aromatic heterocycles. The zero-order chi connectivity index (χ0) is 22.4. The minimum atomic E-state index is -0.530. The Hall–Kier alpha value is -4.21. The first-order chi connectivity index (χ1) is 14.9. The van der Waals surface area contributed by atoms with Crippen molar-refractivity contribution in [2.45, 2.75) is 13.3 Å². The summed E-state index contributed by atoms with van der Waals surface area (Å²) in [5, 5.41) is 6.98. The number of rotatable bonds is 7. The molecule has 0 bridgehead atoms. The van der Waals surface area contributed by atoms with Gasteiger partial charge in [0, 0.05) is 18.0 Å². The number of hydrazone groups is 1. The van der Waals surface area contributed by atoms with Gasteiger partial charge in [-0.25, -0.2) is 10.1 Å². The fourth-order valence-corrected chi connectivity index (χ4v) is 2.87. The number of pyridine rings is 1. The Labute approximate surface area is 177 Å². The van der Waals surface area contributed by atoms with Gasteiger partial charge in [-0.15, -0.1) is 0 Å². The van der Waals surface area contributed by atoms with E-state index >= 15 is 0 Å². The van der Waals surface area contributed by atoms with Crippen molar-refractivity contribution in [1.29, 1.82) is 0 Å². The van der Waals surface area contributed by atoms with Gasteiger partial charge in [-0.1, -0.05) is 0 Å². The van der Waals surface area contributed by atoms with Crippen LogP contribution in [-0.2, 0) is 16.0 Å². The summed E-state index contributed by atoms with van der Waals surface area (Å²) in [5.74, 6) is -0.352. The molecule has 10 heteroatoms. The first-order valence-corrected chi connectivity index (χ1v) is 9.24. The lowest BCUT2D eigenvalue weighted by atomic mass is 10.1. The molecule has 1 amide bonds. The SMILES string of the molecule is COC(=O)Cc1[nH]n(-c2ccc(OC)cc2)c(=O)c1/C(C)=N/NC(=O)c1ccncc1. The highest BCUT2D eigenvalue weighted by Gasteiger charge is 2.21. The van der Waals surface area contributed by atoms with E-state index in [1.165, 1.54) is 36.3 Å². The highest BCUT2D eigenvalue weighted by atomic mass is 16.5.